The number of anilines is 3. The first-order valence-corrected chi connectivity index (χ1v) is 23.8. The molecule has 0 saturated carbocycles. The average molecular weight is 858 g/mol. The predicted molar refractivity (Wildman–Crippen MR) is 282 cm³/mol. The number of rotatable bonds is 5. The third-order valence-electron chi connectivity index (χ3n) is 15.5. The zero-order chi connectivity index (χ0) is 45.2. The summed E-state index contributed by atoms with van der Waals surface area (Å²) in [5.74, 6) is 0. The first kappa shape index (κ1) is 39.6. The molecule has 0 bridgehead atoms. The molecule has 0 aliphatic heterocycles. The minimum Gasteiger partial charge on any atom is -0.310 e. The number of fused-ring (bicyclic) bond motifs is 14. The van der Waals surface area contributed by atoms with Crippen LogP contribution in [-0.2, 0) is 16.2 Å². The lowest BCUT2D eigenvalue weighted by atomic mass is 9.70. The molecular formula is C66H51N. The van der Waals surface area contributed by atoms with Gasteiger partial charge in [-0.2, -0.15) is 0 Å². The van der Waals surface area contributed by atoms with Crippen LogP contribution in [0.3, 0.4) is 0 Å². The summed E-state index contributed by atoms with van der Waals surface area (Å²) in [6.07, 6.45) is 0. The highest BCUT2D eigenvalue weighted by molar-refractivity contribution is 6.06. The molecular weight excluding hydrogens is 807 g/mol. The number of nitrogens with zero attached hydrogens (tertiary/aromatic N) is 1. The van der Waals surface area contributed by atoms with E-state index in [9.17, 15) is 0 Å². The Hall–Kier alpha value is -7.74. The van der Waals surface area contributed by atoms with E-state index in [2.05, 4.69) is 258 Å². The van der Waals surface area contributed by atoms with Gasteiger partial charge in [-0.3, -0.25) is 0 Å². The van der Waals surface area contributed by atoms with Gasteiger partial charge in [0.1, 0.15) is 0 Å². The van der Waals surface area contributed by atoms with Crippen LogP contribution < -0.4 is 4.90 Å². The molecule has 3 aliphatic rings. The van der Waals surface area contributed by atoms with Crippen LogP contribution in [0, 0.1) is 0 Å². The minimum atomic E-state index is -0.398. The molecule has 320 valence electrons. The lowest BCUT2D eigenvalue weighted by molar-refractivity contribution is 0.590. The summed E-state index contributed by atoms with van der Waals surface area (Å²) in [4.78, 5) is 2.51. The van der Waals surface area contributed by atoms with E-state index in [1.54, 1.807) is 0 Å². The van der Waals surface area contributed by atoms with Gasteiger partial charge in [0.25, 0.3) is 0 Å². The molecule has 0 amide bonds. The molecule has 3 aliphatic carbocycles. The number of hydrogen-bond acceptors (Lipinski definition) is 1. The van der Waals surface area contributed by atoms with Crippen LogP contribution in [0.4, 0.5) is 17.1 Å². The molecule has 10 aromatic carbocycles. The summed E-state index contributed by atoms with van der Waals surface area (Å²) in [6, 6.07) is 82.6. The van der Waals surface area contributed by atoms with Gasteiger partial charge in [-0.05, 0) is 142 Å². The zero-order valence-corrected chi connectivity index (χ0v) is 38.7. The molecule has 10 aromatic rings. The highest BCUT2D eigenvalue weighted by Gasteiger charge is 2.51. The smallest absolute Gasteiger partial charge is 0.0725 e. The van der Waals surface area contributed by atoms with E-state index < -0.39 is 5.41 Å². The fourth-order valence-corrected chi connectivity index (χ4v) is 12.2. The summed E-state index contributed by atoms with van der Waals surface area (Å²) in [7, 11) is 0. The monoisotopic (exact) mass is 857 g/mol. The number of benzene rings is 10. The second kappa shape index (κ2) is 14.4. The summed E-state index contributed by atoms with van der Waals surface area (Å²) < 4.78 is 0. The molecule has 0 N–H and O–H groups in total. The second-order valence-electron chi connectivity index (χ2n) is 20.4. The summed E-state index contributed by atoms with van der Waals surface area (Å²) in [6.45, 7) is 11.6. The van der Waals surface area contributed by atoms with Crippen LogP contribution in [-0.4, -0.2) is 0 Å². The van der Waals surface area contributed by atoms with E-state index >= 15 is 0 Å². The van der Waals surface area contributed by atoms with Crippen molar-refractivity contribution in [3.05, 3.63) is 257 Å². The summed E-state index contributed by atoms with van der Waals surface area (Å²) >= 11 is 0. The third-order valence-corrected chi connectivity index (χ3v) is 15.5. The van der Waals surface area contributed by atoms with Crippen molar-refractivity contribution in [3.63, 3.8) is 0 Å². The quantitative estimate of drug-likeness (QED) is 0.167. The molecule has 0 atom stereocenters. The zero-order valence-electron chi connectivity index (χ0n) is 38.7. The van der Waals surface area contributed by atoms with E-state index in [0.717, 1.165) is 17.1 Å². The Morgan fingerprint density at radius 2 is 0.851 bits per heavy atom. The Bertz CT molecular complexity index is 3590. The van der Waals surface area contributed by atoms with Gasteiger partial charge in [-0.25, -0.2) is 0 Å². The first-order chi connectivity index (χ1) is 32.6. The molecule has 0 aromatic heterocycles. The van der Waals surface area contributed by atoms with Crippen LogP contribution in [0.2, 0.25) is 0 Å². The highest BCUT2D eigenvalue weighted by Crippen LogP contribution is 2.63. The van der Waals surface area contributed by atoms with Crippen LogP contribution in [0.5, 0.6) is 0 Å². The van der Waals surface area contributed by atoms with Crippen LogP contribution >= 0.6 is 0 Å². The third kappa shape index (κ3) is 5.68. The molecule has 0 radical (unpaired) electrons. The fraction of sp³-hybridized carbons (Fsp3) is 0.121. The molecule has 0 saturated heterocycles. The maximum atomic E-state index is 2.51. The molecule has 67 heavy (non-hydrogen) atoms. The summed E-state index contributed by atoms with van der Waals surface area (Å²) in [5, 5.41) is 2.45. The van der Waals surface area contributed by atoms with Gasteiger partial charge < -0.3 is 4.90 Å². The Kier molecular flexibility index (Phi) is 8.50. The Balaban J connectivity index is 0.998. The Morgan fingerprint density at radius 1 is 0.358 bits per heavy atom. The van der Waals surface area contributed by atoms with Crippen molar-refractivity contribution in [3.8, 4) is 55.6 Å². The standard InChI is InChI=1S/C66H51N/c1-64(2,3)46-32-34-47(35-33-46)67(48-36-38-60-55(41-48)53-21-11-15-25-59(53)66(60)57-23-13-9-19-51(57)52-20-10-14-24-58(52)66)62-39-31-43-16-6-7-17-49(43)63(62)44-28-26-42(27-29-44)45-30-37-54-50-18-8-12-22-56(50)65(4,5)61(54)40-45/h6-41H,1-5H3. The molecule has 0 fully saturated rings. The maximum absolute atomic E-state index is 2.51. The largest absolute Gasteiger partial charge is 0.310 e. The van der Waals surface area contributed by atoms with Gasteiger partial charge in [0, 0.05) is 22.4 Å². The maximum Gasteiger partial charge on any atom is 0.0725 e. The van der Waals surface area contributed by atoms with E-state index in [0.29, 0.717) is 0 Å². The lowest BCUT2D eigenvalue weighted by Crippen LogP contribution is -2.25. The van der Waals surface area contributed by atoms with Crippen molar-refractivity contribution in [2.24, 2.45) is 0 Å². The van der Waals surface area contributed by atoms with Crippen molar-refractivity contribution in [2.45, 2.75) is 50.9 Å². The van der Waals surface area contributed by atoms with Gasteiger partial charge in [0.15, 0.2) is 0 Å². The van der Waals surface area contributed by atoms with Crippen LogP contribution in [0.25, 0.3) is 66.4 Å². The molecule has 0 heterocycles. The number of hydrogen-bond donors (Lipinski definition) is 0. The van der Waals surface area contributed by atoms with Crippen LogP contribution in [0.1, 0.15) is 73.6 Å². The van der Waals surface area contributed by atoms with E-state index in [1.807, 2.05) is 0 Å². The summed E-state index contributed by atoms with van der Waals surface area (Å²) in [5.41, 5.74) is 25.3. The van der Waals surface area contributed by atoms with E-state index in [1.165, 1.54) is 105 Å². The van der Waals surface area contributed by atoms with Crippen molar-refractivity contribution in [1.82, 2.24) is 0 Å². The Labute approximate surface area is 394 Å². The van der Waals surface area contributed by atoms with E-state index in [-0.39, 0.29) is 10.8 Å². The van der Waals surface area contributed by atoms with Gasteiger partial charge in [-0.15, -0.1) is 0 Å². The molecule has 1 heteroatoms. The van der Waals surface area contributed by atoms with Gasteiger partial charge in [-0.1, -0.05) is 217 Å². The first-order valence-electron chi connectivity index (χ1n) is 23.8. The van der Waals surface area contributed by atoms with E-state index in [4.69, 9.17) is 0 Å². The van der Waals surface area contributed by atoms with Crippen LogP contribution in [0.15, 0.2) is 218 Å². The average Bonchev–Trinajstić information content (AvgIpc) is 3.92. The second-order valence-corrected chi connectivity index (χ2v) is 20.4. The Morgan fingerprint density at radius 3 is 1.49 bits per heavy atom. The van der Waals surface area contributed by atoms with Crippen molar-refractivity contribution in [2.75, 3.05) is 4.90 Å². The van der Waals surface area contributed by atoms with Gasteiger partial charge >= 0.3 is 0 Å². The molecule has 13 rings (SSSR count). The SMILES string of the molecule is CC(C)(C)c1ccc(N(c2ccc3c(c2)-c2ccccc2C32c3ccccc3-c3ccccc32)c2ccc3ccccc3c2-c2ccc(-c3ccc4c(c3)C(C)(C)c3ccccc3-4)cc2)cc1. The predicted octanol–water partition coefficient (Wildman–Crippen LogP) is 17.6. The molecule has 0 unspecified atom stereocenters. The fourth-order valence-electron chi connectivity index (χ4n) is 12.2. The molecule has 1 spiro atoms. The van der Waals surface area contributed by atoms with Crippen molar-refractivity contribution >= 4 is 27.8 Å². The van der Waals surface area contributed by atoms with Crippen molar-refractivity contribution < 1.29 is 0 Å². The lowest BCUT2D eigenvalue weighted by Gasteiger charge is -2.32. The van der Waals surface area contributed by atoms with Gasteiger partial charge in [0.05, 0.1) is 11.1 Å². The van der Waals surface area contributed by atoms with Crippen molar-refractivity contribution in [1.29, 1.82) is 0 Å². The normalized spacial score (nSPS) is 14.3. The highest BCUT2D eigenvalue weighted by atomic mass is 15.1. The molecule has 1 nitrogen and oxygen atoms in total. The topological polar surface area (TPSA) is 3.24 Å². The minimum absolute atomic E-state index is 0.0250. The van der Waals surface area contributed by atoms with Gasteiger partial charge in [0.2, 0.25) is 0 Å².